The maximum Gasteiger partial charge on any atom is 0.437 e. The fourth-order valence-corrected chi connectivity index (χ4v) is 0.846. The number of nitrogens with zero attached hydrogens (tertiary/aromatic N) is 1. The Morgan fingerprint density at radius 3 is 2.93 bits per heavy atom. The molecule has 0 bridgehead atoms. The van der Waals surface area contributed by atoms with Crippen LogP contribution in [-0.2, 0) is 4.84 Å². The lowest BCUT2D eigenvalue weighted by molar-refractivity contribution is 0.167. The minimum Gasteiger partial charge on any atom is -0.297 e. The Balaban J connectivity index is 2.55. The van der Waals surface area contributed by atoms with Crippen LogP contribution in [0.2, 0.25) is 0 Å². The number of halogens is 2. The second-order valence-corrected chi connectivity index (χ2v) is 3.15. The van der Waals surface area contributed by atoms with Gasteiger partial charge in [-0.05, 0) is 25.1 Å². The van der Waals surface area contributed by atoms with Crippen LogP contribution < -0.4 is 5.32 Å². The Hall–Kier alpha value is -1.62. The van der Waals surface area contributed by atoms with Gasteiger partial charge in [0.15, 0.2) is 0 Å². The van der Waals surface area contributed by atoms with E-state index in [1.165, 1.54) is 25.1 Å². The normalized spacial score (nSPS) is 11.0. The largest absolute Gasteiger partial charge is 0.437 e. The molecule has 0 aromatic heterocycles. The van der Waals surface area contributed by atoms with Crippen molar-refractivity contribution in [2.75, 3.05) is 5.32 Å². The summed E-state index contributed by atoms with van der Waals surface area (Å²) in [6.45, 7) is 1.46. The molecule has 0 aliphatic rings. The van der Waals surface area contributed by atoms with E-state index in [-0.39, 0.29) is 10.9 Å². The maximum atomic E-state index is 12.7. The lowest BCUT2D eigenvalue weighted by Gasteiger charge is -2.01. The molecule has 0 unspecified atom stereocenters. The number of carbonyl (C=O) groups excluding carboxylic acids is 1. The average molecular weight is 231 g/mol. The number of hydrogen-bond acceptors (Lipinski definition) is 3. The molecule has 0 fully saturated rings. The summed E-state index contributed by atoms with van der Waals surface area (Å²) in [4.78, 5) is 15.3. The fraction of sp³-hybridized carbons (Fsp3) is 0.111. The molecule has 0 saturated carbocycles. The van der Waals surface area contributed by atoms with Crippen LogP contribution in [-0.4, -0.2) is 11.3 Å². The van der Waals surface area contributed by atoms with Crippen molar-refractivity contribution in [3.63, 3.8) is 0 Å². The Kier molecular flexibility index (Phi) is 4.05. The number of anilines is 1. The van der Waals surface area contributed by atoms with E-state index in [1.807, 2.05) is 0 Å². The predicted molar refractivity (Wildman–Crippen MR) is 55.5 cm³/mol. The smallest absolute Gasteiger partial charge is 0.297 e. The molecule has 0 aliphatic heterocycles. The summed E-state index contributed by atoms with van der Waals surface area (Å²) in [5.41, 5.74) is 0.280. The number of hydrogen-bond donors (Lipinski definition) is 1. The third-order valence-corrected chi connectivity index (χ3v) is 1.39. The zero-order chi connectivity index (χ0) is 11.3. The van der Waals surface area contributed by atoms with E-state index < -0.39 is 11.9 Å². The van der Waals surface area contributed by atoms with Gasteiger partial charge in [-0.2, -0.15) is 0 Å². The molecule has 0 spiro atoms. The Bertz CT molecular complexity index is 391. The topological polar surface area (TPSA) is 50.7 Å². The minimum absolute atomic E-state index is 0.0874. The summed E-state index contributed by atoms with van der Waals surface area (Å²) < 4.78 is 12.7. The number of nitrogens with one attached hydrogen (secondary N) is 1. The highest BCUT2D eigenvalue weighted by molar-refractivity contribution is 6.64. The molecule has 15 heavy (non-hydrogen) atoms. The summed E-state index contributed by atoms with van der Waals surface area (Å²) in [6.07, 6.45) is -0.833. The van der Waals surface area contributed by atoms with Gasteiger partial charge in [-0.3, -0.25) is 10.2 Å². The fourth-order valence-electron chi connectivity index (χ4n) is 0.811. The van der Waals surface area contributed by atoms with E-state index in [2.05, 4.69) is 15.3 Å². The van der Waals surface area contributed by atoms with Crippen molar-refractivity contribution in [2.24, 2.45) is 5.16 Å². The van der Waals surface area contributed by atoms with Gasteiger partial charge in [0.1, 0.15) is 11.0 Å². The molecule has 4 nitrogen and oxygen atoms in total. The van der Waals surface area contributed by atoms with Crippen LogP contribution in [0.5, 0.6) is 0 Å². The van der Waals surface area contributed by atoms with Crippen LogP contribution in [0.3, 0.4) is 0 Å². The third-order valence-electron chi connectivity index (χ3n) is 1.33. The van der Waals surface area contributed by atoms with Gasteiger partial charge in [-0.15, -0.1) is 0 Å². The van der Waals surface area contributed by atoms with E-state index >= 15 is 0 Å². The molecule has 0 saturated heterocycles. The molecule has 0 heterocycles. The molecular formula is C9H8ClFN2O2. The van der Waals surface area contributed by atoms with Gasteiger partial charge in [0.25, 0.3) is 0 Å². The van der Waals surface area contributed by atoms with Crippen molar-refractivity contribution in [3.05, 3.63) is 30.1 Å². The molecule has 6 heteroatoms. The number of oxime groups is 1. The summed E-state index contributed by atoms with van der Waals surface area (Å²) in [7, 11) is 0. The molecule has 1 amide bonds. The molecule has 0 radical (unpaired) electrons. The SMILES string of the molecule is CC(Cl)=NOC(=O)Nc1cccc(F)c1. The second kappa shape index (κ2) is 5.31. The van der Waals surface area contributed by atoms with Gasteiger partial charge in [0, 0.05) is 5.69 Å². The second-order valence-electron chi connectivity index (χ2n) is 2.60. The zero-order valence-electron chi connectivity index (χ0n) is 7.83. The van der Waals surface area contributed by atoms with Gasteiger partial charge in [-0.25, -0.2) is 9.18 Å². The summed E-state index contributed by atoms with van der Waals surface area (Å²) in [5.74, 6) is -0.454. The molecule has 1 aromatic rings. The number of carbonyl (C=O) groups is 1. The molecule has 1 N–H and O–H groups in total. The Morgan fingerprint density at radius 1 is 1.60 bits per heavy atom. The van der Waals surface area contributed by atoms with Crippen molar-refractivity contribution < 1.29 is 14.0 Å². The van der Waals surface area contributed by atoms with Crippen molar-refractivity contribution >= 4 is 28.6 Å². The van der Waals surface area contributed by atoms with Crippen LogP contribution in [0.1, 0.15) is 6.92 Å². The number of benzene rings is 1. The lowest BCUT2D eigenvalue weighted by Crippen LogP contribution is -2.11. The van der Waals surface area contributed by atoms with Crippen molar-refractivity contribution in [3.8, 4) is 0 Å². The van der Waals surface area contributed by atoms with E-state index in [0.29, 0.717) is 0 Å². The monoisotopic (exact) mass is 230 g/mol. The van der Waals surface area contributed by atoms with Gasteiger partial charge in [0.2, 0.25) is 0 Å². The summed E-state index contributed by atoms with van der Waals surface area (Å²) in [5, 5.41) is 5.58. The van der Waals surface area contributed by atoms with E-state index in [9.17, 15) is 9.18 Å². The molecule has 0 atom stereocenters. The lowest BCUT2D eigenvalue weighted by atomic mass is 10.3. The third kappa shape index (κ3) is 4.42. The van der Waals surface area contributed by atoms with Crippen LogP contribution in [0.4, 0.5) is 14.9 Å². The van der Waals surface area contributed by atoms with Crippen molar-refractivity contribution in [2.45, 2.75) is 6.92 Å². The summed E-state index contributed by atoms with van der Waals surface area (Å²) in [6, 6.07) is 5.39. The average Bonchev–Trinajstić information content (AvgIpc) is 2.15. The van der Waals surface area contributed by atoms with Crippen LogP contribution in [0, 0.1) is 5.82 Å². The van der Waals surface area contributed by atoms with Crippen LogP contribution in [0.15, 0.2) is 29.4 Å². The molecule has 0 aliphatic carbocycles. The van der Waals surface area contributed by atoms with Gasteiger partial charge in [0.05, 0.1) is 0 Å². The minimum atomic E-state index is -0.833. The first-order valence-electron chi connectivity index (χ1n) is 4.01. The number of amides is 1. The first kappa shape index (κ1) is 11.5. The molecular weight excluding hydrogens is 223 g/mol. The quantitative estimate of drug-likeness (QED) is 0.482. The van der Waals surface area contributed by atoms with Gasteiger partial charge < -0.3 is 0 Å². The number of rotatable bonds is 2. The van der Waals surface area contributed by atoms with Crippen LogP contribution in [0.25, 0.3) is 0 Å². The molecule has 1 rings (SSSR count). The van der Waals surface area contributed by atoms with Crippen molar-refractivity contribution in [1.82, 2.24) is 0 Å². The maximum absolute atomic E-state index is 12.7. The zero-order valence-corrected chi connectivity index (χ0v) is 8.58. The van der Waals surface area contributed by atoms with E-state index in [1.54, 1.807) is 0 Å². The predicted octanol–water partition coefficient (Wildman–Crippen LogP) is 2.95. The highest BCUT2D eigenvalue weighted by Crippen LogP contribution is 2.09. The first-order chi connectivity index (χ1) is 7.08. The van der Waals surface area contributed by atoms with E-state index in [0.717, 1.165) is 6.07 Å². The van der Waals surface area contributed by atoms with Gasteiger partial charge in [-0.1, -0.05) is 22.8 Å². The highest BCUT2D eigenvalue weighted by Gasteiger charge is 2.03. The van der Waals surface area contributed by atoms with Gasteiger partial charge >= 0.3 is 6.09 Å². The van der Waals surface area contributed by atoms with E-state index in [4.69, 9.17) is 11.6 Å². The van der Waals surface area contributed by atoms with Crippen molar-refractivity contribution in [1.29, 1.82) is 0 Å². The Morgan fingerprint density at radius 2 is 2.33 bits per heavy atom. The highest BCUT2D eigenvalue weighted by atomic mass is 35.5. The molecule has 1 aromatic carbocycles. The standard InChI is InChI=1S/C9H8ClFN2O2/c1-6(10)13-15-9(14)12-8-4-2-3-7(11)5-8/h2-5H,1H3,(H,12,14). The summed E-state index contributed by atoms with van der Waals surface area (Å²) >= 11 is 5.34. The first-order valence-corrected chi connectivity index (χ1v) is 4.39. The Labute approximate surface area is 90.7 Å². The van der Waals surface area contributed by atoms with Crippen LogP contribution >= 0.6 is 11.6 Å². The molecule has 80 valence electrons.